The Kier molecular flexibility index (Phi) is 6.48. The van der Waals surface area contributed by atoms with Crippen molar-refractivity contribution in [3.8, 4) is 0 Å². The molecule has 0 aliphatic carbocycles. The summed E-state index contributed by atoms with van der Waals surface area (Å²) in [5.41, 5.74) is 0.744. The van der Waals surface area contributed by atoms with Crippen molar-refractivity contribution in [3.05, 3.63) is 17.5 Å². The average Bonchev–Trinajstić information content (AvgIpc) is 3.41. The van der Waals surface area contributed by atoms with Crippen LogP contribution in [0.25, 0.3) is 0 Å². The number of nitrogens with zero attached hydrogens (tertiary/aromatic N) is 4. The van der Waals surface area contributed by atoms with E-state index in [0.29, 0.717) is 44.7 Å². The molecule has 3 saturated heterocycles. The van der Waals surface area contributed by atoms with Gasteiger partial charge in [0.05, 0.1) is 17.8 Å². The molecule has 0 radical (unpaired) electrons. The third kappa shape index (κ3) is 4.76. The van der Waals surface area contributed by atoms with Crippen molar-refractivity contribution in [1.29, 1.82) is 0 Å². The van der Waals surface area contributed by atoms with Crippen molar-refractivity contribution < 1.29 is 28.5 Å². The fourth-order valence-corrected chi connectivity index (χ4v) is 4.69. The van der Waals surface area contributed by atoms with Gasteiger partial charge in [-0.2, -0.15) is 0 Å². The minimum Gasteiger partial charge on any atom is -0.361 e. The second-order valence-electron chi connectivity index (χ2n) is 8.92. The molecule has 4 heterocycles. The number of aryl methyl sites for hydroxylation is 2. The molecular weight excluding hydrogens is 430 g/mol. The predicted molar refractivity (Wildman–Crippen MR) is 113 cm³/mol. The van der Waals surface area contributed by atoms with E-state index in [1.54, 1.807) is 23.6 Å². The van der Waals surface area contributed by atoms with Gasteiger partial charge >= 0.3 is 0 Å². The zero-order valence-corrected chi connectivity index (χ0v) is 18.9. The van der Waals surface area contributed by atoms with Crippen LogP contribution in [0.4, 0.5) is 0 Å². The number of carbonyl (C=O) groups excluding carboxylic acids is 5. The standard InChI is InChI=1S/C22H29N5O6/c1-3-17(27-19(29)6-7-20(27)30)22(32)23-15-9-21(31)26(10-15)16-11-25(12-16)18(28)5-4-14-8-13(2)33-24-14/h8,15-17H,3-7,9-12H2,1-2H3,(H,23,32). The van der Waals surface area contributed by atoms with E-state index in [2.05, 4.69) is 10.5 Å². The van der Waals surface area contributed by atoms with Crippen molar-refractivity contribution in [2.75, 3.05) is 19.6 Å². The number of carbonyl (C=O) groups is 5. The smallest absolute Gasteiger partial charge is 0.243 e. The summed E-state index contributed by atoms with van der Waals surface area (Å²) in [6.45, 7) is 4.84. The van der Waals surface area contributed by atoms with Gasteiger partial charge in [0, 0.05) is 57.8 Å². The number of imide groups is 1. The molecule has 2 unspecified atom stereocenters. The van der Waals surface area contributed by atoms with Gasteiger partial charge in [0.2, 0.25) is 29.5 Å². The van der Waals surface area contributed by atoms with E-state index in [1.165, 1.54) is 0 Å². The van der Waals surface area contributed by atoms with E-state index in [-0.39, 0.29) is 55.0 Å². The molecule has 1 N–H and O–H groups in total. The lowest BCUT2D eigenvalue weighted by molar-refractivity contribution is -0.147. The van der Waals surface area contributed by atoms with Crippen LogP contribution in [0.3, 0.4) is 0 Å². The molecule has 1 aromatic rings. The highest BCUT2D eigenvalue weighted by Crippen LogP contribution is 2.23. The Balaban J connectivity index is 1.24. The zero-order valence-electron chi connectivity index (χ0n) is 18.9. The third-order valence-electron chi connectivity index (χ3n) is 6.52. The summed E-state index contributed by atoms with van der Waals surface area (Å²) in [6, 6.07) is 0.512. The van der Waals surface area contributed by atoms with Crippen LogP contribution in [-0.2, 0) is 30.4 Å². The normalized spacial score (nSPS) is 22.2. The zero-order chi connectivity index (χ0) is 23.7. The lowest BCUT2D eigenvalue weighted by Gasteiger charge is -2.44. The summed E-state index contributed by atoms with van der Waals surface area (Å²) in [5, 5.41) is 6.73. The summed E-state index contributed by atoms with van der Waals surface area (Å²) in [5.74, 6) is -0.423. The van der Waals surface area contributed by atoms with E-state index in [1.807, 2.05) is 6.07 Å². The Bertz CT molecular complexity index is 952. The second kappa shape index (κ2) is 9.32. The maximum Gasteiger partial charge on any atom is 0.243 e. The first kappa shape index (κ1) is 22.9. The van der Waals surface area contributed by atoms with Gasteiger partial charge in [-0.3, -0.25) is 28.9 Å². The molecule has 0 aromatic carbocycles. The Morgan fingerprint density at radius 2 is 1.85 bits per heavy atom. The van der Waals surface area contributed by atoms with Crippen LogP contribution in [0.1, 0.15) is 50.5 Å². The van der Waals surface area contributed by atoms with E-state index in [4.69, 9.17) is 4.52 Å². The van der Waals surface area contributed by atoms with E-state index in [0.717, 1.165) is 10.6 Å². The summed E-state index contributed by atoms with van der Waals surface area (Å²) >= 11 is 0. The number of amides is 5. The predicted octanol–water partition coefficient (Wildman–Crippen LogP) is -0.229. The second-order valence-corrected chi connectivity index (χ2v) is 8.92. The lowest BCUT2D eigenvalue weighted by atomic mass is 10.1. The molecule has 11 nitrogen and oxygen atoms in total. The molecule has 5 amide bonds. The number of aromatic nitrogens is 1. The summed E-state index contributed by atoms with van der Waals surface area (Å²) in [4.78, 5) is 66.2. The van der Waals surface area contributed by atoms with Crippen molar-refractivity contribution in [3.63, 3.8) is 0 Å². The molecule has 33 heavy (non-hydrogen) atoms. The molecule has 0 saturated carbocycles. The van der Waals surface area contributed by atoms with Crippen LogP contribution >= 0.6 is 0 Å². The number of hydrogen-bond donors (Lipinski definition) is 1. The van der Waals surface area contributed by atoms with Crippen LogP contribution in [0.15, 0.2) is 10.6 Å². The average molecular weight is 460 g/mol. The molecule has 0 spiro atoms. The van der Waals surface area contributed by atoms with Crippen molar-refractivity contribution in [2.24, 2.45) is 0 Å². The van der Waals surface area contributed by atoms with Crippen molar-refractivity contribution in [2.45, 2.75) is 70.5 Å². The first-order chi connectivity index (χ1) is 15.8. The minimum absolute atomic E-state index is 0.00846. The SMILES string of the molecule is CCC(C(=O)NC1CC(=O)N(C2CN(C(=O)CCc3cc(C)on3)C2)C1)N1C(=O)CCC1=O. The quantitative estimate of drug-likeness (QED) is 0.531. The highest BCUT2D eigenvalue weighted by Gasteiger charge is 2.43. The van der Waals surface area contributed by atoms with Crippen molar-refractivity contribution in [1.82, 2.24) is 25.2 Å². The van der Waals surface area contributed by atoms with Crippen LogP contribution < -0.4 is 5.32 Å². The van der Waals surface area contributed by atoms with E-state index in [9.17, 15) is 24.0 Å². The van der Waals surface area contributed by atoms with E-state index >= 15 is 0 Å². The maximum atomic E-state index is 12.8. The van der Waals surface area contributed by atoms with Crippen molar-refractivity contribution >= 4 is 29.5 Å². The van der Waals surface area contributed by atoms with Crippen LogP contribution in [0, 0.1) is 6.92 Å². The number of likely N-dealkylation sites (tertiary alicyclic amines) is 3. The molecular formula is C22H29N5O6. The molecule has 3 aliphatic heterocycles. The molecule has 0 bridgehead atoms. The molecule has 3 fully saturated rings. The molecule has 3 aliphatic rings. The van der Waals surface area contributed by atoms with E-state index < -0.39 is 11.9 Å². The van der Waals surface area contributed by atoms with Gasteiger partial charge in [0.1, 0.15) is 11.8 Å². The van der Waals surface area contributed by atoms with Gasteiger partial charge in [-0.1, -0.05) is 12.1 Å². The summed E-state index contributed by atoms with van der Waals surface area (Å²) in [6.07, 6.45) is 1.59. The first-order valence-corrected chi connectivity index (χ1v) is 11.4. The van der Waals surface area contributed by atoms with Crippen LogP contribution in [0.2, 0.25) is 0 Å². The molecule has 4 rings (SSSR count). The maximum absolute atomic E-state index is 12.8. The Labute approximate surface area is 191 Å². The van der Waals surface area contributed by atoms with Gasteiger partial charge in [0.15, 0.2) is 0 Å². The van der Waals surface area contributed by atoms with Gasteiger partial charge in [-0.05, 0) is 13.3 Å². The summed E-state index contributed by atoms with van der Waals surface area (Å²) in [7, 11) is 0. The number of nitrogens with one attached hydrogen (secondary N) is 1. The monoisotopic (exact) mass is 459 g/mol. The van der Waals surface area contributed by atoms with Crippen LogP contribution in [0.5, 0.6) is 0 Å². The number of rotatable bonds is 8. The highest BCUT2D eigenvalue weighted by atomic mass is 16.5. The fraction of sp³-hybridized carbons (Fsp3) is 0.636. The fourth-order valence-electron chi connectivity index (χ4n) is 4.69. The largest absolute Gasteiger partial charge is 0.361 e. The summed E-state index contributed by atoms with van der Waals surface area (Å²) < 4.78 is 5.01. The highest BCUT2D eigenvalue weighted by molar-refractivity contribution is 6.05. The Morgan fingerprint density at radius 1 is 1.15 bits per heavy atom. The van der Waals surface area contributed by atoms with Gasteiger partial charge in [0.25, 0.3) is 0 Å². The van der Waals surface area contributed by atoms with Gasteiger partial charge in [-0.15, -0.1) is 0 Å². The van der Waals surface area contributed by atoms with Gasteiger partial charge in [-0.25, -0.2) is 0 Å². The number of hydrogen-bond acceptors (Lipinski definition) is 7. The topological polar surface area (TPSA) is 133 Å². The molecule has 178 valence electrons. The lowest BCUT2D eigenvalue weighted by Crippen LogP contribution is -2.61. The third-order valence-corrected chi connectivity index (χ3v) is 6.52. The van der Waals surface area contributed by atoms with Crippen LogP contribution in [-0.4, -0.2) is 87.2 Å². The Hall–Kier alpha value is -3.24. The Morgan fingerprint density at radius 3 is 2.45 bits per heavy atom. The molecule has 1 aromatic heterocycles. The minimum atomic E-state index is -0.845. The molecule has 11 heteroatoms. The molecule has 2 atom stereocenters. The first-order valence-electron chi connectivity index (χ1n) is 11.4. The van der Waals surface area contributed by atoms with Gasteiger partial charge < -0.3 is 19.6 Å².